The first-order valence-corrected chi connectivity index (χ1v) is 13.7. The number of halogens is 1. The lowest BCUT2D eigenvalue weighted by Gasteiger charge is -2.43. The Kier molecular flexibility index (Phi) is 6.71. The van der Waals surface area contributed by atoms with Crippen LogP contribution in [0, 0.1) is 6.92 Å². The monoisotopic (exact) mass is 525 g/mol. The molecule has 0 aromatic heterocycles. The van der Waals surface area contributed by atoms with Gasteiger partial charge in [-0.3, -0.25) is 4.57 Å². The second-order valence-corrected chi connectivity index (χ2v) is 12.1. The second-order valence-electron chi connectivity index (χ2n) is 7.47. The summed E-state index contributed by atoms with van der Waals surface area (Å²) < 4.78 is 42.5. The van der Waals surface area contributed by atoms with Crippen molar-refractivity contribution < 1.29 is 22.8 Å². The van der Waals surface area contributed by atoms with E-state index in [4.69, 9.17) is 0 Å². The minimum absolute atomic E-state index is 0.0352. The van der Waals surface area contributed by atoms with Crippen LogP contribution in [0.1, 0.15) is 32.3 Å². The minimum Gasteiger partial charge on any atom is -0.323 e. The number of hydrogen-bond acceptors (Lipinski definition) is 3. The van der Waals surface area contributed by atoms with Crippen LogP contribution in [0.5, 0.6) is 0 Å². The van der Waals surface area contributed by atoms with Crippen molar-refractivity contribution in [3.63, 3.8) is 0 Å². The fraction of sp³-hybridized carbons (Fsp3) is 0.273. The predicted molar refractivity (Wildman–Crippen MR) is 128 cm³/mol. The molecule has 0 aliphatic heterocycles. The van der Waals surface area contributed by atoms with Crippen LogP contribution in [-0.2, 0) is 14.6 Å². The molecular weight excluding hydrogens is 501 g/mol. The summed E-state index contributed by atoms with van der Waals surface area (Å²) in [5.41, 5.74) is 0.948. The van der Waals surface area contributed by atoms with Crippen LogP contribution in [0.2, 0.25) is 0 Å². The van der Waals surface area contributed by atoms with Crippen LogP contribution in [0.4, 0.5) is 5.69 Å². The molecule has 0 saturated carbocycles. The van der Waals surface area contributed by atoms with E-state index in [0.717, 1.165) is 9.69 Å². The average Bonchev–Trinajstić information content (AvgIpc) is 2.70. The van der Waals surface area contributed by atoms with E-state index >= 15 is 0 Å². The molecule has 0 spiro atoms. The smallest absolute Gasteiger partial charge is 0.323 e. The van der Waals surface area contributed by atoms with E-state index in [1.807, 2.05) is 18.2 Å². The number of fused-ring (bicyclic) bond motifs is 1. The van der Waals surface area contributed by atoms with Crippen LogP contribution < -0.4 is 4.31 Å². The molecule has 9 heteroatoms. The summed E-state index contributed by atoms with van der Waals surface area (Å²) in [5.74, 6) is 0. The Morgan fingerprint density at radius 1 is 1.00 bits per heavy atom. The summed E-state index contributed by atoms with van der Waals surface area (Å²) in [5, 5.41) is -0.566. The van der Waals surface area contributed by atoms with Crippen molar-refractivity contribution >= 4 is 50.0 Å². The maximum Gasteiger partial charge on any atom is 0.351 e. The van der Waals surface area contributed by atoms with Gasteiger partial charge in [0.1, 0.15) is 0 Å². The first-order valence-electron chi connectivity index (χ1n) is 9.84. The quantitative estimate of drug-likeness (QED) is 0.380. The molecule has 0 radical (unpaired) electrons. The molecule has 0 aliphatic rings. The van der Waals surface area contributed by atoms with E-state index in [-0.39, 0.29) is 23.4 Å². The summed E-state index contributed by atoms with van der Waals surface area (Å²) in [6.07, 6.45) is -0.133. The Morgan fingerprint density at radius 3 is 2.19 bits per heavy atom. The molecule has 0 unspecified atom stereocenters. The van der Waals surface area contributed by atoms with Gasteiger partial charge in [0.2, 0.25) is 0 Å². The highest BCUT2D eigenvalue weighted by molar-refractivity contribution is 9.10. The minimum atomic E-state index is -4.91. The highest BCUT2D eigenvalue weighted by Crippen LogP contribution is 2.59. The van der Waals surface area contributed by atoms with Crippen molar-refractivity contribution in [3.05, 3.63) is 70.7 Å². The Labute approximate surface area is 191 Å². The lowest BCUT2D eigenvalue weighted by molar-refractivity contribution is 0.317. The number of rotatable bonds is 7. The van der Waals surface area contributed by atoms with Crippen LogP contribution in [0.3, 0.4) is 0 Å². The molecule has 0 atom stereocenters. The molecule has 0 saturated heterocycles. The Morgan fingerprint density at radius 2 is 1.61 bits per heavy atom. The van der Waals surface area contributed by atoms with Gasteiger partial charge in [-0.05, 0) is 55.0 Å². The predicted octanol–water partition coefficient (Wildman–Crippen LogP) is 5.80. The van der Waals surface area contributed by atoms with Crippen LogP contribution >= 0.6 is 23.5 Å². The van der Waals surface area contributed by atoms with Gasteiger partial charge < -0.3 is 9.79 Å². The summed E-state index contributed by atoms with van der Waals surface area (Å²) in [7, 11) is -9.26. The average molecular weight is 526 g/mol. The molecule has 0 amide bonds. The number of benzene rings is 3. The van der Waals surface area contributed by atoms with Gasteiger partial charge in [0.15, 0.2) is 5.28 Å². The molecule has 0 aliphatic carbocycles. The fourth-order valence-electron chi connectivity index (χ4n) is 3.99. The van der Waals surface area contributed by atoms with Gasteiger partial charge in [-0.1, -0.05) is 66.2 Å². The second kappa shape index (κ2) is 8.68. The molecule has 2 N–H and O–H groups in total. The van der Waals surface area contributed by atoms with Gasteiger partial charge in [0.05, 0.1) is 10.6 Å². The van der Waals surface area contributed by atoms with Gasteiger partial charge >= 0.3 is 7.60 Å². The van der Waals surface area contributed by atoms with E-state index in [0.29, 0.717) is 15.4 Å². The van der Waals surface area contributed by atoms with E-state index in [9.17, 15) is 22.8 Å². The Hall–Kier alpha value is -1.70. The van der Waals surface area contributed by atoms with Crippen molar-refractivity contribution in [3.8, 4) is 0 Å². The maximum absolute atomic E-state index is 14.1. The molecule has 6 nitrogen and oxygen atoms in total. The van der Waals surface area contributed by atoms with Crippen molar-refractivity contribution in [1.29, 1.82) is 0 Å². The topological polar surface area (TPSA) is 94.9 Å². The summed E-state index contributed by atoms with van der Waals surface area (Å²) >= 11 is 3.34. The first kappa shape index (κ1) is 24.0. The number of hydrogen-bond donors (Lipinski definition) is 2. The fourth-order valence-corrected chi connectivity index (χ4v) is 8.50. The third-order valence-corrected chi connectivity index (χ3v) is 9.96. The zero-order valence-corrected chi connectivity index (χ0v) is 20.8. The largest absolute Gasteiger partial charge is 0.351 e. The van der Waals surface area contributed by atoms with Gasteiger partial charge in [-0.2, -0.15) is 0 Å². The third kappa shape index (κ3) is 4.20. The van der Waals surface area contributed by atoms with Gasteiger partial charge in [0.25, 0.3) is 10.0 Å². The Bertz CT molecular complexity index is 1240. The maximum atomic E-state index is 14.1. The van der Waals surface area contributed by atoms with E-state index in [1.165, 1.54) is 12.1 Å². The summed E-state index contributed by atoms with van der Waals surface area (Å²) in [6.45, 7) is 4.96. The molecule has 166 valence electrons. The zero-order valence-electron chi connectivity index (χ0n) is 17.5. The first-order chi connectivity index (χ1) is 14.5. The Balaban J connectivity index is 2.46. The van der Waals surface area contributed by atoms with Crippen LogP contribution in [0.25, 0.3) is 10.8 Å². The molecule has 3 aromatic rings. The van der Waals surface area contributed by atoms with Crippen molar-refractivity contribution in [2.75, 3.05) is 4.31 Å². The molecular formula is C22H25BrNO5PS. The van der Waals surface area contributed by atoms with E-state index < -0.39 is 22.9 Å². The molecule has 3 rings (SSSR count). The number of nitrogens with zero attached hydrogens (tertiary/aromatic N) is 1. The number of sulfonamides is 1. The highest BCUT2D eigenvalue weighted by atomic mass is 79.9. The molecule has 0 bridgehead atoms. The molecule has 3 aromatic carbocycles. The summed E-state index contributed by atoms with van der Waals surface area (Å²) in [4.78, 5) is 20.9. The van der Waals surface area contributed by atoms with Gasteiger partial charge in [-0.25, -0.2) is 12.7 Å². The van der Waals surface area contributed by atoms with Crippen molar-refractivity contribution in [2.24, 2.45) is 0 Å². The van der Waals surface area contributed by atoms with Crippen molar-refractivity contribution in [2.45, 2.75) is 43.8 Å². The van der Waals surface area contributed by atoms with E-state index in [1.54, 1.807) is 51.1 Å². The van der Waals surface area contributed by atoms with Gasteiger partial charge in [-0.15, -0.1) is 0 Å². The van der Waals surface area contributed by atoms with Gasteiger partial charge in [0, 0.05) is 9.86 Å². The number of anilines is 1. The third-order valence-electron chi connectivity index (χ3n) is 5.59. The standard InChI is InChI=1S/C22H25BrNO5PS/c1-4-22(5-2,30(25,26)27)24(21-12-8-10-17-9-6-7-11-20(17)21)31(28,29)19-14-16(3)13-18(23)15-19/h6-15H,4-5H2,1-3H3,(H2,25,26,27). The highest BCUT2D eigenvalue weighted by Gasteiger charge is 2.54. The normalized spacial score (nSPS) is 12.8. The number of aryl methyl sites for hydroxylation is 1. The zero-order chi connectivity index (χ0) is 23.0. The lowest BCUT2D eigenvalue weighted by atomic mass is 10.1. The lowest BCUT2D eigenvalue weighted by Crippen LogP contribution is -2.51. The molecule has 31 heavy (non-hydrogen) atoms. The van der Waals surface area contributed by atoms with Crippen LogP contribution in [-0.4, -0.2) is 23.5 Å². The van der Waals surface area contributed by atoms with Crippen LogP contribution in [0.15, 0.2) is 70.0 Å². The molecule has 0 heterocycles. The summed E-state index contributed by atoms with van der Waals surface area (Å²) in [6, 6.07) is 17.1. The van der Waals surface area contributed by atoms with E-state index in [2.05, 4.69) is 15.9 Å². The SMILES string of the molecule is CCC(CC)(N(c1cccc2ccccc12)S(=O)(=O)c1cc(C)cc(Br)c1)P(=O)(O)O. The van der Waals surface area contributed by atoms with Crippen molar-refractivity contribution in [1.82, 2.24) is 0 Å². The molecule has 0 fully saturated rings.